The van der Waals surface area contributed by atoms with Crippen LogP contribution in [0.5, 0.6) is 5.75 Å². The molecule has 0 saturated heterocycles. The molecule has 0 bridgehead atoms. The topological polar surface area (TPSA) is 72.8 Å². The normalized spacial score (nSPS) is 10.4. The van der Waals surface area contributed by atoms with Crippen LogP contribution in [-0.4, -0.2) is 29.8 Å². The van der Waals surface area contributed by atoms with Gasteiger partial charge in [-0.2, -0.15) is 0 Å². The van der Waals surface area contributed by atoms with Crippen molar-refractivity contribution in [1.82, 2.24) is 0 Å². The number of aliphatic carboxylic acids is 1. The molecule has 0 saturated carbocycles. The van der Waals surface area contributed by atoms with E-state index in [1.165, 1.54) is 6.08 Å². The number of carboxylic acids is 1. The minimum absolute atomic E-state index is 0.347. The summed E-state index contributed by atoms with van der Waals surface area (Å²) < 4.78 is 10.3. The molecule has 0 unspecified atom stereocenters. The third-order valence-corrected chi connectivity index (χ3v) is 2.09. The third kappa shape index (κ3) is 10.3. The summed E-state index contributed by atoms with van der Waals surface area (Å²) in [5, 5.41) is 7.60. The first kappa shape index (κ1) is 19.4. The summed E-state index contributed by atoms with van der Waals surface area (Å²) in [6, 6.07) is 7.46. The van der Waals surface area contributed by atoms with E-state index in [0.29, 0.717) is 0 Å². The van der Waals surface area contributed by atoms with Gasteiger partial charge in [-0.25, -0.2) is 9.59 Å². The van der Waals surface area contributed by atoms with Crippen LogP contribution in [0.2, 0.25) is 0 Å². The van der Waals surface area contributed by atoms with Crippen LogP contribution in [0.1, 0.15) is 26.3 Å². The SMILES string of the molecule is C=CC(=O)O.COc1cccc(/C=C/C(=O)OC(C)(C)C)c1. The van der Waals surface area contributed by atoms with Gasteiger partial charge in [-0.15, -0.1) is 0 Å². The number of methoxy groups -OCH3 is 1. The van der Waals surface area contributed by atoms with Crippen LogP contribution in [0.4, 0.5) is 0 Å². The first-order valence-electron chi connectivity index (χ1n) is 6.58. The van der Waals surface area contributed by atoms with E-state index in [0.717, 1.165) is 17.4 Å². The number of benzene rings is 1. The third-order valence-electron chi connectivity index (χ3n) is 2.09. The molecular formula is C17H22O5. The maximum atomic E-state index is 11.4. The molecule has 0 amide bonds. The minimum atomic E-state index is -0.981. The lowest BCUT2D eigenvalue weighted by Gasteiger charge is -2.17. The van der Waals surface area contributed by atoms with Crippen molar-refractivity contribution in [1.29, 1.82) is 0 Å². The van der Waals surface area contributed by atoms with Crippen LogP contribution in [0.3, 0.4) is 0 Å². The first-order valence-corrected chi connectivity index (χ1v) is 6.58. The maximum absolute atomic E-state index is 11.4. The van der Waals surface area contributed by atoms with E-state index in [1.54, 1.807) is 13.2 Å². The zero-order valence-electron chi connectivity index (χ0n) is 13.3. The summed E-state index contributed by atoms with van der Waals surface area (Å²) in [6.45, 7) is 8.47. The van der Waals surface area contributed by atoms with Crippen LogP contribution in [-0.2, 0) is 14.3 Å². The van der Waals surface area contributed by atoms with Gasteiger partial charge >= 0.3 is 11.9 Å². The number of hydrogen-bond acceptors (Lipinski definition) is 4. The Morgan fingerprint density at radius 3 is 2.32 bits per heavy atom. The fraction of sp³-hybridized carbons (Fsp3) is 0.294. The number of rotatable bonds is 4. The van der Waals surface area contributed by atoms with Crippen molar-refractivity contribution in [2.75, 3.05) is 7.11 Å². The highest BCUT2D eigenvalue weighted by Gasteiger charge is 2.13. The second-order valence-corrected chi connectivity index (χ2v) is 5.19. The predicted molar refractivity (Wildman–Crippen MR) is 85.7 cm³/mol. The van der Waals surface area contributed by atoms with E-state index < -0.39 is 11.6 Å². The van der Waals surface area contributed by atoms with E-state index >= 15 is 0 Å². The molecule has 0 atom stereocenters. The number of ether oxygens (including phenoxy) is 2. The number of carbonyl (C=O) groups is 2. The van der Waals surface area contributed by atoms with Gasteiger partial charge in [0.2, 0.25) is 0 Å². The second-order valence-electron chi connectivity index (χ2n) is 5.19. The molecule has 0 fully saturated rings. The van der Waals surface area contributed by atoms with Gasteiger partial charge in [0.15, 0.2) is 0 Å². The Hall–Kier alpha value is -2.56. The standard InChI is InChI=1S/C14H18O3.C3H4O2/c1-14(2,3)17-13(15)9-8-11-6-5-7-12(10-11)16-4;1-2-3(4)5/h5-10H,1-4H3;2H,1H2,(H,4,5)/b9-8+;. The highest BCUT2D eigenvalue weighted by Crippen LogP contribution is 2.14. The van der Waals surface area contributed by atoms with Gasteiger partial charge in [0, 0.05) is 12.2 Å². The zero-order valence-corrected chi connectivity index (χ0v) is 13.3. The predicted octanol–water partition coefficient (Wildman–Crippen LogP) is 3.31. The van der Waals surface area contributed by atoms with Crippen LogP contribution < -0.4 is 4.74 Å². The lowest BCUT2D eigenvalue weighted by Crippen LogP contribution is -2.22. The highest BCUT2D eigenvalue weighted by atomic mass is 16.6. The van der Waals surface area contributed by atoms with Gasteiger partial charge in [0.25, 0.3) is 0 Å². The Bertz CT molecular complexity index is 538. The van der Waals surface area contributed by atoms with Gasteiger partial charge in [0.1, 0.15) is 11.4 Å². The molecule has 1 N–H and O–H groups in total. The van der Waals surface area contributed by atoms with E-state index in [1.807, 2.05) is 45.0 Å². The lowest BCUT2D eigenvalue weighted by atomic mass is 10.2. The molecule has 120 valence electrons. The first-order chi connectivity index (χ1) is 10.2. The van der Waals surface area contributed by atoms with Crippen LogP contribution in [0, 0.1) is 0 Å². The summed E-state index contributed by atoms with van der Waals surface area (Å²) in [5.74, 6) is -0.568. The van der Waals surface area contributed by atoms with Crippen molar-refractivity contribution >= 4 is 18.0 Å². The van der Waals surface area contributed by atoms with Crippen molar-refractivity contribution in [3.8, 4) is 5.75 Å². The number of carboxylic acid groups (broad SMARTS) is 1. The Morgan fingerprint density at radius 1 is 1.27 bits per heavy atom. The van der Waals surface area contributed by atoms with Crippen molar-refractivity contribution in [3.05, 3.63) is 48.6 Å². The molecule has 0 aliphatic heterocycles. The largest absolute Gasteiger partial charge is 0.497 e. The summed E-state index contributed by atoms with van der Waals surface area (Å²) in [6.07, 6.45) is 3.95. The van der Waals surface area contributed by atoms with Gasteiger partial charge < -0.3 is 14.6 Å². The van der Waals surface area contributed by atoms with Crippen molar-refractivity contribution < 1.29 is 24.2 Å². The molecular weight excluding hydrogens is 284 g/mol. The molecule has 0 radical (unpaired) electrons. The quantitative estimate of drug-likeness (QED) is 0.682. The second kappa shape index (κ2) is 9.39. The molecule has 0 aliphatic rings. The fourth-order valence-electron chi connectivity index (χ4n) is 1.25. The van der Waals surface area contributed by atoms with Crippen molar-refractivity contribution in [2.45, 2.75) is 26.4 Å². The average Bonchev–Trinajstić information content (AvgIpc) is 2.44. The highest BCUT2D eigenvalue weighted by molar-refractivity contribution is 5.87. The summed E-state index contributed by atoms with van der Waals surface area (Å²) in [7, 11) is 1.61. The molecule has 1 aromatic carbocycles. The average molecular weight is 306 g/mol. The van der Waals surface area contributed by atoms with E-state index in [-0.39, 0.29) is 5.97 Å². The molecule has 5 heteroatoms. The van der Waals surface area contributed by atoms with E-state index in [2.05, 4.69) is 6.58 Å². The van der Waals surface area contributed by atoms with Gasteiger partial charge in [0.05, 0.1) is 7.11 Å². The summed E-state index contributed by atoms with van der Waals surface area (Å²) >= 11 is 0. The molecule has 1 aromatic rings. The number of carbonyl (C=O) groups excluding carboxylic acids is 1. The number of hydrogen-bond donors (Lipinski definition) is 1. The van der Waals surface area contributed by atoms with Crippen molar-refractivity contribution in [3.63, 3.8) is 0 Å². The van der Waals surface area contributed by atoms with Gasteiger partial charge in [-0.05, 0) is 44.5 Å². The Balaban J connectivity index is 0.000000763. The summed E-state index contributed by atoms with van der Waals surface area (Å²) in [4.78, 5) is 20.7. The Kier molecular flexibility index (Phi) is 8.30. The van der Waals surface area contributed by atoms with Crippen LogP contribution in [0.15, 0.2) is 43.0 Å². The van der Waals surface area contributed by atoms with Crippen LogP contribution in [0.25, 0.3) is 6.08 Å². The van der Waals surface area contributed by atoms with Gasteiger partial charge in [-0.1, -0.05) is 18.7 Å². The van der Waals surface area contributed by atoms with Gasteiger partial charge in [-0.3, -0.25) is 0 Å². The molecule has 1 rings (SSSR count). The van der Waals surface area contributed by atoms with Crippen LogP contribution >= 0.6 is 0 Å². The fourth-order valence-corrected chi connectivity index (χ4v) is 1.25. The Labute approximate surface area is 130 Å². The zero-order chi connectivity index (χ0) is 17.2. The van der Waals surface area contributed by atoms with Crippen molar-refractivity contribution in [2.24, 2.45) is 0 Å². The molecule has 5 nitrogen and oxygen atoms in total. The monoisotopic (exact) mass is 306 g/mol. The molecule has 0 spiro atoms. The maximum Gasteiger partial charge on any atom is 0.331 e. The number of esters is 1. The molecule has 0 aliphatic carbocycles. The molecule has 0 aromatic heterocycles. The lowest BCUT2D eigenvalue weighted by molar-refractivity contribution is -0.148. The smallest absolute Gasteiger partial charge is 0.331 e. The molecule has 22 heavy (non-hydrogen) atoms. The van der Waals surface area contributed by atoms with E-state index in [9.17, 15) is 9.59 Å². The molecule has 0 heterocycles. The minimum Gasteiger partial charge on any atom is -0.497 e. The summed E-state index contributed by atoms with van der Waals surface area (Å²) in [5.41, 5.74) is 0.436. The van der Waals surface area contributed by atoms with E-state index in [4.69, 9.17) is 14.6 Å². The Morgan fingerprint density at radius 2 is 1.86 bits per heavy atom.